The molecule has 0 radical (unpaired) electrons. The molecule has 0 nitrogen and oxygen atoms in total. The Hall–Kier alpha value is -3.38. The van der Waals surface area contributed by atoms with Crippen LogP contribution in [0.25, 0.3) is 21.5 Å². The quantitative estimate of drug-likeness (QED) is 0.216. The van der Waals surface area contributed by atoms with Crippen LogP contribution in [0, 0.1) is 0 Å². The molecular formula is C32H34. The Morgan fingerprint density at radius 2 is 0.562 bits per heavy atom. The van der Waals surface area contributed by atoms with Crippen molar-refractivity contribution in [2.45, 2.75) is 40.5 Å². The van der Waals surface area contributed by atoms with Crippen LogP contribution in [0.2, 0.25) is 0 Å². The lowest BCUT2D eigenvalue weighted by Crippen LogP contribution is -2.06. The molecule has 32 heavy (non-hydrogen) atoms. The smallest absolute Gasteiger partial charge is 0.00201 e. The Labute approximate surface area is 193 Å². The lowest BCUT2D eigenvalue weighted by atomic mass is 9.86. The van der Waals surface area contributed by atoms with Gasteiger partial charge in [-0.25, -0.2) is 0 Å². The van der Waals surface area contributed by atoms with E-state index in [4.69, 9.17) is 0 Å². The Morgan fingerprint density at radius 3 is 0.812 bits per heavy atom. The molecule has 0 spiro atoms. The second-order valence-electron chi connectivity index (χ2n) is 7.44. The molecule has 0 aliphatic heterocycles. The zero-order chi connectivity index (χ0) is 22.8. The van der Waals surface area contributed by atoms with Gasteiger partial charge in [-0.05, 0) is 68.8 Å². The van der Waals surface area contributed by atoms with E-state index in [0.29, 0.717) is 0 Å². The van der Waals surface area contributed by atoms with E-state index < -0.39 is 0 Å². The summed E-state index contributed by atoms with van der Waals surface area (Å²) >= 11 is 0. The third-order valence-electron chi connectivity index (χ3n) is 5.61. The molecular weight excluding hydrogens is 384 g/mol. The van der Waals surface area contributed by atoms with E-state index in [2.05, 4.69) is 109 Å². The molecule has 162 valence electrons. The summed E-state index contributed by atoms with van der Waals surface area (Å²) in [7, 11) is 0. The highest BCUT2D eigenvalue weighted by atomic mass is 14.2. The molecule has 1 aliphatic rings. The van der Waals surface area contributed by atoms with Gasteiger partial charge in [0.2, 0.25) is 0 Å². The first-order chi connectivity index (χ1) is 15.9. The Kier molecular flexibility index (Phi) is 8.63. The van der Waals surface area contributed by atoms with Gasteiger partial charge in [0.1, 0.15) is 0 Å². The topological polar surface area (TPSA) is 0 Å². The van der Waals surface area contributed by atoms with E-state index in [1.807, 2.05) is 27.7 Å². The summed E-state index contributed by atoms with van der Waals surface area (Å²) in [6.45, 7) is 8.00. The van der Waals surface area contributed by atoms with Crippen LogP contribution in [0.15, 0.2) is 109 Å². The minimum Gasteiger partial charge on any atom is -0.0683 e. The van der Waals surface area contributed by atoms with Gasteiger partial charge in [-0.15, -0.1) is 0 Å². The van der Waals surface area contributed by atoms with Crippen molar-refractivity contribution in [2.75, 3.05) is 0 Å². The highest BCUT2D eigenvalue weighted by Gasteiger charge is 2.13. The van der Waals surface area contributed by atoms with Crippen molar-refractivity contribution in [1.82, 2.24) is 0 Å². The zero-order valence-corrected chi connectivity index (χ0v) is 19.8. The molecule has 0 bridgehead atoms. The molecule has 0 atom stereocenters. The molecule has 0 unspecified atom stereocenters. The predicted octanol–water partition coefficient (Wildman–Crippen LogP) is 9.23. The molecule has 1 aliphatic carbocycles. The summed E-state index contributed by atoms with van der Waals surface area (Å²) in [5, 5.41) is 5.25. The van der Waals surface area contributed by atoms with E-state index in [9.17, 15) is 0 Å². The van der Waals surface area contributed by atoms with Crippen molar-refractivity contribution in [1.29, 1.82) is 0 Å². The van der Waals surface area contributed by atoms with Gasteiger partial charge >= 0.3 is 0 Å². The van der Waals surface area contributed by atoms with Crippen LogP contribution in [0.1, 0.15) is 49.9 Å². The summed E-state index contributed by atoms with van der Waals surface area (Å²) in [5.74, 6) is 0. The van der Waals surface area contributed by atoms with Crippen molar-refractivity contribution < 1.29 is 0 Å². The highest BCUT2D eigenvalue weighted by Crippen LogP contribution is 2.26. The van der Waals surface area contributed by atoms with Crippen LogP contribution in [0.4, 0.5) is 0 Å². The fourth-order valence-corrected chi connectivity index (χ4v) is 4.10. The Bertz CT molecular complexity index is 1070. The third kappa shape index (κ3) is 5.45. The van der Waals surface area contributed by atoms with Crippen molar-refractivity contribution in [3.8, 4) is 0 Å². The number of fused-ring (bicyclic) bond motifs is 4. The minimum absolute atomic E-state index is 1.10. The largest absolute Gasteiger partial charge is 0.0683 e. The second kappa shape index (κ2) is 11.9. The van der Waals surface area contributed by atoms with E-state index in [1.165, 1.54) is 43.8 Å². The number of hydrogen-bond donors (Lipinski definition) is 0. The molecule has 0 amide bonds. The Balaban J connectivity index is 0.000000157. The summed E-state index contributed by atoms with van der Waals surface area (Å²) in [6, 6.07) is 38.9. The maximum absolute atomic E-state index is 2.24. The van der Waals surface area contributed by atoms with Crippen LogP contribution >= 0.6 is 0 Å². The summed E-state index contributed by atoms with van der Waals surface area (Å²) in [6.07, 6.45) is 2.21. The van der Waals surface area contributed by atoms with Crippen molar-refractivity contribution >= 4 is 21.5 Å². The SMILES string of the molecule is CC.CC.c1ccc2c(c1)Cc1ccccc1C2.c1ccc2cc3ccccc3cc2c1. The van der Waals surface area contributed by atoms with Gasteiger partial charge in [0.15, 0.2) is 0 Å². The molecule has 0 heteroatoms. The summed E-state index contributed by atoms with van der Waals surface area (Å²) in [4.78, 5) is 0. The minimum atomic E-state index is 1.10. The molecule has 5 aromatic carbocycles. The van der Waals surface area contributed by atoms with Crippen molar-refractivity contribution in [2.24, 2.45) is 0 Å². The number of rotatable bonds is 0. The first kappa shape index (κ1) is 23.3. The molecule has 0 fully saturated rings. The highest BCUT2D eigenvalue weighted by molar-refractivity contribution is 5.98. The average molecular weight is 419 g/mol. The molecule has 0 saturated heterocycles. The van der Waals surface area contributed by atoms with Crippen molar-refractivity contribution in [3.05, 3.63) is 131 Å². The van der Waals surface area contributed by atoms with Gasteiger partial charge in [-0.1, -0.05) is 125 Å². The first-order valence-corrected chi connectivity index (χ1v) is 11.9. The lowest BCUT2D eigenvalue weighted by Gasteiger charge is -2.18. The van der Waals surface area contributed by atoms with E-state index in [-0.39, 0.29) is 0 Å². The summed E-state index contributed by atoms with van der Waals surface area (Å²) < 4.78 is 0. The molecule has 0 aromatic heterocycles. The van der Waals surface area contributed by atoms with Crippen LogP contribution in [-0.2, 0) is 12.8 Å². The van der Waals surface area contributed by atoms with E-state index in [1.54, 1.807) is 0 Å². The number of benzene rings is 5. The van der Waals surface area contributed by atoms with Gasteiger partial charge < -0.3 is 0 Å². The standard InChI is InChI=1S/C14H12.C14H10.2C2H6/c2*1-2-6-12-10-14-8-4-3-7-13(14)9-11(12)5-1;2*1-2/h1-8H,9-10H2;1-10H;2*1-2H3. The zero-order valence-electron chi connectivity index (χ0n) is 19.8. The predicted molar refractivity (Wildman–Crippen MR) is 143 cm³/mol. The summed E-state index contributed by atoms with van der Waals surface area (Å²) in [5.41, 5.74) is 5.97. The maximum atomic E-state index is 2.24. The number of hydrogen-bond acceptors (Lipinski definition) is 0. The molecule has 0 heterocycles. The van der Waals surface area contributed by atoms with Crippen LogP contribution < -0.4 is 0 Å². The van der Waals surface area contributed by atoms with Crippen LogP contribution in [0.3, 0.4) is 0 Å². The van der Waals surface area contributed by atoms with Gasteiger partial charge in [0.25, 0.3) is 0 Å². The second-order valence-corrected chi connectivity index (χ2v) is 7.44. The molecule has 0 N–H and O–H groups in total. The van der Waals surface area contributed by atoms with Crippen molar-refractivity contribution in [3.63, 3.8) is 0 Å². The van der Waals surface area contributed by atoms with E-state index >= 15 is 0 Å². The molecule has 5 aromatic rings. The average Bonchev–Trinajstić information content (AvgIpc) is 2.89. The first-order valence-electron chi connectivity index (χ1n) is 11.9. The van der Waals surface area contributed by atoms with E-state index in [0.717, 1.165) is 12.8 Å². The fraction of sp³-hybridized carbons (Fsp3) is 0.188. The normalized spacial score (nSPS) is 10.9. The van der Waals surface area contributed by atoms with Gasteiger partial charge in [-0.3, -0.25) is 0 Å². The lowest BCUT2D eigenvalue weighted by molar-refractivity contribution is 1.00. The van der Waals surface area contributed by atoms with Crippen LogP contribution in [-0.4, -0.2) is 0 Å². The van der Waals surface area contributed by atoms with Gasteiger partial charge in [0.05, 0.1) is 0 Å². The van der Waals surface area contributed by atoms with Crippen LogP contribution in [0.5, 0.6) is 0 Å². The maximum Gasteiger partial charge on any atom is -0.00201 e. The van der Waals surface area contributed by atoms with Gasteiger partial charge in [0, 0.05) is 0 Å². The fourth-order valence-electron chi connectivity index (χ4n) is 4.10. The monoisotopic (exact) mass is 418 g/mol. The van der Waals surface area contributed by atoms with Gasteiger partial charge in [-0.2, -0.15) is 0 Å². The molecule has 0 saturated carbocycles. The third-order valence-corrected chi connectivity index (χ3v) is 5.61. The molecule has 6 rings (SSSR count). The Morgan fingerprint density at radius 1 is 0.344 bits per heavy atom.